The molecular weight excluding hydrogens is 264 g/mol. The fourth-order valence-electron chi connectivity index (χ4n) is 2.38. The molecule has 0 bridgehead atoms. The minimum atomic E-state index is 0.117. The molecule has 2 N–H and O–H groups in total. The number of halogens is 1. The Hall–Kier alpha value is -1.87. The highest BCUT2D eigenvalue weighted by Crippen LogP contribution is 2.39. The number of ether oxygens (including phenoxy) is 1. The van der Waals surface area contributed by atoms with E-state index in [0.717, 1.165) is 17.5 Å². The Bertz CT molecular complexity index is 608. The molecule has 0 saturated heterocycles. The van der Waals surface area contributed by atoms with Gasteiger partial charge >= 0.3 is 0 Å². The van der Waals surface area contributed by atoms with Crippen LogP contribution in [-0.2, 0) is 6.42 Å². The van der Waals surface area contributed by atoms with Crippen LogP contribution in [0, 0.1) is 0 Å². The topological polar surface area (TPSA) is 49.7 Å². The number of phenolic OH excluding ortho intramolecular Hbond substituents is 2. The summed E-state index contributed by atoms with van der Waals surface area (Å²) in [7, 11) is 0. The molecule has 1 heterocycles. The van der Waals surface area contributed by atoms with Crippen LogP contribution in [0.1, 0.15) is 17.0 Å². The first-order chi connectivity index (χ1) is 9.13. The van der Waals surface area contributed by atoms with Crippen LogP contribution in [0.4, 0.5) is 0 Å². The van der Waals surface area contributed by atoms with E-state index in [9.17, 15) is 10.2 Å². The number of hydrogen-bond acceptors (Lipinski definition) is 3. The van der Waals surface area contributed by atoms with Crippen molar-refractivity contribution in [3.05, 3.63) is 52.5 Å². The zero-order valence-electron chi connectivity index (χ0n) is 10.1. The lowest BCUT2D eigenvalue weighted by Gasteiger charge is -2.26. The molecule has 2 aromatic rings. The standard InChI is InChI=1S/C15H13ClO3/c16-14-6-12(18)7-15-13(14)5-10(8-19-15)9-1-3-11(17)4-2-9/h1-4,6-7,10,17-18H,5,8H2. The summed E-state index contributed by atoms with van der Waals surface area (Å²) in [5.74, 6) is 1.23. The van der Waals surface area contributed by atoms with Crippen LogP contribution in [0.5, 0.6) is 17.2 Å². The average Bonchev–Trinajstić information content (AvgIpc) is 2.39. The van der Waals surface area contributed by atoms with Gasteiger partial charge in [-0.2, -0.15) is 0 Å². The lowest BCUT2D eigenvalue weighted by molar-refractivity contribution is 0.261. The van der Waals surface area contributed by atoms with Crippen molar-refractivity contribution in [2.75, 3.05) is 6.61 Å². The van der Waals surface area contributed by atoms with Crippen LogP contribution in [0.15, 0.2) is 36.4 Å². The second kappa shape index (κ2) is 4.67. The summed E-state index contributed by atoms with van der Waals surface area (Å²) in [5.41, 5.74) is 2.02. The summed E-state index contributed by atoms with van der Waals surface area (Å²) in [6, 6.07) is 10.2. The molecule has 0 amide bonds. The van der Waals surface area contributed by atoms with Gasteiger partial charge in [-0.3, -0.25) is 0 Å². The second-order valence-electron chi connectivity index (χ2n) is 4.71. The molecule has 3 nitrogen and oxygen atoms in total. The third-order valence-electron chi connectivity index (χ3n) is 3.39. The Balaban J connectivity index is 1.92. The summed E-state index contributed by atoms with van der Waals surface area (Å²) in [6.45, 7) is 0.539. The molecule has 0 radical (unpaired) electrons. The SMILES string of the molecule is Oc1ccc(C2COc3cc(O)cc(Cl)c3C2)cc1. The summed E-state index contributed by atoms with van der Waals surface area (Å²) in [4.78, 5) is 0. The summed E-state index contributed by atoms with van der Waals surface area (Å²) < 4.78 is 5.68. The molecule has 1 unspecified atom stereocenters. The van der Waals surface area contributed by atoms with Crippen molar-refractivity contribution in [3.8, 4) is 17.2 Å². The van der Waals surface area contributed by atoms with E-state index in [4.69, 9.17) is 16.3 Å². The first-order valence-electron chi connectivity index (χ1n) is 6.06. The molecule has 2 aromatic carbocycles. The van der Waals surface area contributed by atoms with Gasteiger partial charge in [-0.1, -0.05) is 23.7 Å². The van der Waals surface area contributed by atoms with Gasteiger partial charge in [0.2, 0.25) is 0 Å². The molecule has 0 aromatic heterocycles. The van der Waals surface area contributed by atoms with Crippen molar-refractivity contribution in [1.82, 2.24) is 0 Å². The number of phenols is 2. The van der Waals surface area contributed by atoms with E-state index in [2.05, 4.69) is 0 Å². The molecular formula is C15H13ClO3. The highest BCUT2D eigenvalue weighted by molar-refractivity contribution is 6.31. The van der Waals surface area contributed by atoms with Gasteiger partial charge < -0.3 is 14.9 Å². The van der Waals surface area contributed by atoms with Crippen LogP contribution in [0.3, 0.4) is 0 Å². The highest BCUT2D eigenvalue weighted by Gasteiger charge is 2.24. The van der Waals surface area contributed by atoms with Crippen molar-refractivity contribution >= 4 is 11.6 Å². The van der Waals surface area contributed by atoms with E-state index in [1.807, 2.05) is 12.1 Å². The molecule has 0 saturated carbocycles. The monoisotopic (exact) mass is 276 g/mol. The zero-order chi connectivity index (χ0) is 13.4. The molecule has 0 fully saturated rings. The maximum Gasteiger partial charge on any atom is 0.127 e. The molecule has 1 atom stereocenters. The van der Waals surface area contributed by atoms with Crippen LogP contribution >= 0.6 is 11.6 Å². The van der Waals surface area contributed by atoms with Gasteiger partial charge in [0, 0.05) is 17.5 Å². The number of fused-ring (bicyclic) bond motifs is 1. The Morgan fingerprint density at radius 2 is 1.79 bits per heavy atom. The minimum absolute atomic E-state index is 0.117. The molecule has 0 aliphatic carbocycles. The molecule has 0 spiro atoms. The van der Waals surface area contributed by atoms with Gasteiger partial charge in [-0.15, -0.1) is 0 Å². The van der Waals surface area contributed by atoms with E-state index in [0.29, 0.717) is 17.4 Å². The van der Waals surface area contributed by atoms with Crippen molar-refractivity contribution in [2.45, 2.75) is 12.3 Å². The van der Waals surface area contributed by atoms with Crippen molar-refractivity contribution in [1.29, 1.82) is 0 Å². The minimum Gasteiger partial charge on any atom is -0.508 e. The Morgan fingerprint density at radius 3 is 2.53 bits per heavy atom. The van der Waals surface area contributed by atoms with E-state index < -0.39 is 0 Å². The van der Waals surface area contributed by atoms with E-state index in [-0.39, 0.29) is 17.4 Å². The maximum absolute atomic E-state index is 9.49. The lowest BCUT2D eigenvalue weighted by atomic mass is 9.90. The number of aromatic hydroxyl groups is 2. The Morgan fingerprint density at radius 1 is 1.05 bits per heavy atom. The van der Waals surface area contributed by atoms with E-state index in [1.54, 1.807) is 18.2 Å². The van der Waals surface area contributed by atoms with E-state index in [1.165, 1.54) is 6.07 Å². The van der Waals surface area contributed by atoms with Crippen molar-refractivity contribution in [2.24, 2.45) is 0 Å². The fourth-order valence-corrected chi connectivity index (χ4v) is 2.66. The normalized spacial score (nSPS) is 17.6. The van der Waals surface area contributed by atoms with Crippen LogP contribution < -0.4 is 4.74 Å². The summed E-state index contributed by atoms with van der Waals surface area (Å²) >= 11 is 6.15. The molecule has 19 heavy (non-hydrogen) atoms. The molecule has 3 rings (SSSR count). The third kappa shape index (κ3) is 2.34. The molecule has 1 aliphatic heterocycles. The zero-order valence-corrected chi connectivity index (χ0v) is 10.9. The molecule has 1 aliphatic rings. The second-order valence-corrected chi connectivity index (χ2v) is 5.12. The van der Waals surface area contributed by atoms with Gasteiger partial charge in [0.15, 0.2) is 0 Å². The quantitative estimate of drug-likeness (QED) is 0.838. The predicted molar refractivity (Wildman–Crippen MR) is 73.2 cm³/mol. The first-order valence-corrected chi connectivity index (χ1v) is 6.44. The number of hydrogen-bond donors (Lipinski definition) is 2. The summed E-state index contributed by atoms with van der Waals surface area (Å²) in [6.07, 6.45) is 0.763. The van der Waals surface area contributed by atoms with Gasteiger partial charge in [0.05, 0.1) is 11.6 Å². The largest absolute Gasteiger partial charge is 0.508 e. The predicted octanol–water partition coefficient (Wildman–Crippen LogP) is 3.47. The smallest absolute Gasteiger partial charge is 0.127 e. The van der Waals surface area contributed by atoms with Gasteiger partial charge in [0.1, 0.15) is 17.2 Å². The molecule has 98 valence electrons. The summed E-state index contributed by atoms with van der Waals surface area (Å²) in [5, 5.41) is 19.3. The molecule has 4 heteroatoms. The lowest BCUT2D eigenvalue weighted by Crippen LogP contribution is -2.19. The van der Waals surface area contributed by atoms with Crippen LogP contribution in [0.25, 0.3) is 0 Å². The van der Waals surface area contributed by atoms with E-state index >= 15 is 0 Å². The number of rotatable bonds is 1. The number of benzene rings is 2. The van der Waals surface area contributed by atoms with Gasteiger partial charge in [-0.05, 0) is 30.2 Å². The Labute approximate surface area is 116 Å². The van der Waals surface area contributed by atoms with Crippen LogP contribution in [0.2, 0.25) is 5.02 Å². The fraction of sp³-hybridized carbons (Fsp3) is 0.200. The Kier molecular flexibility index (Phi) is 2.99. The maximum atomic E-state index is 9.49. The van der Waals surface area contributed by atoms with Crippen molar-refractivity contribution < 1.29 is 14.9 Å². The highest BCUT2D eigenvalue weighted by atomic mass is 35.5. The van der Waals surface area contributed by atoms with Gasteiger partial charge in [0.25, 0.3) is 0 Å². The third-order valence-corrected chi connectivity index (χ3v) is 3.73. The van der Waals surface area contributed by atoms with Crippen LogP contribution in [-0.4, -0.2) is 16.8 Å². The first kappa shape index (κ1) is 12.2. The van der Waals surface area contributed by atoms with Crippen molar-refractivity contribution in [3.63, 3.8) is 0 Å². The van der Waals surface area contributed by atoms with Gasteiger partial charge in [-0.25, -0.2) is 0 Å². The average molecular weight is 277 g/mol.